The maximum atomic E-state index is 12.2. The lowest BCUT2D eigenvalue weighted by Crippen LogP contribution is -2.26. The lowest BCUT2D eigenvalue weighted by molar-refractivity contribution is -0.121. The van der Waals surface area contributed by atoms with Crippen LogP contribution in [0, 0.1) is 6.92 Å². The lowest BCUT2D eigenvalue weighted by Gasteiger charge is -2.28. The predicted molar refractivity (Wildman–Crippen MR) is 129 cm³/mol. The van der Waals surface area contributed by atoms with Gasteiger partial charge in [-0.1, -0.05) is 53.7 Å². The fourth-order valence-corrected chi connectivity index (χ4v) is 3.72. The maximum absolute atomic E-state index is 12.2. The molecule has 0 aliphatic heterocycles. The summed E-state index contributed by atoms with van der Waals surface area (Å²) in [7, 11) is 0. The summed E-state index contributed by atoms with van der Waals surface area (Å²) in [6.45, 7) is 15.2. The average Bonchev–Trinajstić information content (AvgIpc) is 2.68. The van der Waals surface area contributed by atoms with Crippen LogP contribution in [0.15, 0.2) is 29.2 Å². The normalized spacial score (nSPS) is 12.1. The highest BCUT2D eigenvalue weighted by molar-refractivity contribution is 5.75. The third-order valence-corrected chi connectivity index (χ3v) is 5.74. The van der Waals surface area contributed by atoms with Crippen LogP contribution >= 0.6 is 0 Å². The van der Waals surface area contributed by atoms with Crippen molar-refractivity contribution in [1.82, 2.24) is 9.88 Å². The Morgan fingerprint density at radius 3 is 2.09 bits per heavy atom. The Labute approximate surface area is 191 Å². The van der Waals surface area contributed by atoms with Crippen LogP contribution in [0.1, 0.15) is 76.8 Å². The topological polar surface area (TPSA) is 91.6 Å². The highest BCUT2D eigenvalue weighted by atomic mass is 16.3. The van der Waals surface area contributed by atoms with E-state index in [1.165, 1.54) is 6.07 Å². The second-order valence-corrected chi connectivity index (χ2v) is 10.6. The standard InChI is InChI=1S/C26H38N2O4/c1-17-23(31)21(29)10-13-28(17)14-11-22(30)27-12-8-9-18-15-19(25(2,3)4)24(32)20(16-18)26(5,6)7/h10,13,15-16,31-32H,8-9,11-12,14H2,1-7H3,(H,27,30). The van der Waals surface area contributed by atoms with E-state index in [4.69, 9.17) is 0 Å². The van der Waals surface area contributed by atoms with E-state index in [9.17, 15) is 19.8 Å². The Morgan fingerprint density at radius 1 is 1.00 bits per heavy atom. The van der Waals surface area contributed by atoms with E-state index in [1.54, 1.807) is 17.7 Å². The third kappa shape index (κ3) is 6.38. The molecule has 3 N–H and O–H groups in total. The Balaban J connectivity index is 1.95. The monoisotopic (exact) mass is 442 g/mol. The number of nitrogens with zero attached hydrogens (tertiary/aromatic N) is 1. The number of carbonyl (C=O) groups is 1. The van der Waals surface area contributed by atoms with Gasteiger partial charge in [-0.15, -0.1) is 0 Å². The summed E-state index contributed by atoms with van der Waals surface area (Å²) in [4.78, 5) is 23.7. The van der Waals surface area contributed by atoms with E-state index in [0.29, 0.717) is 24.5 Å². The quantitative estimate of drug-likeness (QED) is 0.558. The minimum Gasteiger partial charge on any atom is -0.507 e. The number of hydrogen-bond acceptors (Lipinski definition) is 4. The molecule has 1 aromatic heterocycles. The molecular formula is C26H38N2O4. The summed E-state index contributed by atoms with van der Waals surface area (Å²) < 4.78 is 1.70. The number of phenols is 1. The van der Waals surface area contributed by atoms with Crippen molar-refractivity contribution < 1.29 is 15.0 Å². The molecule has 6 nitrogen and oxygen atoms in total. The Kier molecular flexibility index (Phi) is 7.81. The molecule has 0 radical (unpaired) electrons. The number of carbonyl (C=O) groups excluding carboxylic acids is 1. The van der Waals surface area contributed by atoms with Crippen LogP contribution in [0.3, 0.4) is 0 Å². The predicted octanol–water partition coefficient (Wildman–Crippen LogP) is 4.30. The van der Waals surface area contributed by atoms with Gasteiger partial charge in [0.05, 0.1) is 5.69 Å². The molecule has 1 heterocycles. The number of aromatic hydroxyl groups is 2. The van der Waals surface area contributed by atoms with Gasteiger partial charge in [-0.2, -0.15) is 0 Å². The molecule has 2 rings (SSSR count). The highest BCUT2D eigenvalue weighted by Gasteiger charge is 2.26. The maximum Gasteiger partial charge on any atom is 0.223 e. The van der Waals surface area contributed by atoms with Crippen molar-refractivity contribution in [3.8, 4) is 11.5 Å². The van der Waals surface area contributed by atoms with Gasteiger partial charge in [-0.3, -0.25) is 9.59 Å². The third-order valence-electron chi connectivity index (χ3n) is 5.74. The van der Waals surface area contributed by atoms with Gasteiger partial charge in [0.25, 0.3) is 0 Å². The number of nitrogens with one attached hydrogen (secondary N) is 1. The molecule has 1 amide bonds. The summed E-state index contributed by atoms with van der Waals surface area (Å²) in [5.41, 5.74) is 2.77. The van der Waals surface area contributed by atoms with Crippen molar-refractivity contribution in [2.75, 3.05) is 6.54 Å². The number of amides is 1. The second-order valence-electron chi connectivity index (χ2n) is 10.6. The smallest absolute Gasteiger partial charge is 0.223 e. The lowest BCUT2D eigenvalue weighted by atomic mass is 9.78. The van der Waals surface area contributed by atoms with Crippen LogP contribution in [0.25, 0.3) is 0 Å². The molecule has 0 atom stereocenters. The van der Waals surface area contributed by atoms with Gasteiger partial charge in [0.2, 0.25) is 11.3 Å². The SMILES string of the molecule is Cc1c(O)c(=O)ccn1CCC(=O)NCCCc1cc(C(C)(C)C)c(O)c(C(C)(C)C)c1. The van der Waals surface area contributed by atoms with Gasteiger partial charge in [0, 0.05) is 31.8 Å². The summed E-state index contributed by atoms with van der Waals surface area (Å²) in [5.74, 6) is 0.0380. The molecular weight excluding hydrogens is 404 g/mol. The van der Waals surface area contributed by atoms with Gasteiger partial charge < -0.3 is 20.1 Å². The summed E-state index contributed by atoms with van der Waals surface area (Å²) in [5, 5.41) is 23.5. The minimum absolute atomic E-state index is 0.0703. The number of phenolic OH excluding ortho intramolecular Hbond substituents is 1. The number of pyridine rings is 1. The van der Waals surface area contributed by atoms with Crippen molar-refractivity contribution in [3.63, 3.8) is 0 Å². The Morgan fingerprint density at radius 2 is 1.56 bits per heavy atom. The molecule has 0 fully saturated rings. The molecule has 0 aliphatic carbocycles. The zero-order valence-electron chi connectivity index (χ0n) is 20.5. The van der Waals surface area contributed by atoms with Crippen LogP contribution in [-0.4, -0.2) is 27.2 Å². The molecule has 0 unspecified atom stereocenters. The fraction of sp³-hybridized carbons (Fsp3) is 0.538. The van der Waals surface area contributed by atoms with Crippen LogP contribution in [0.2, 0.25) is 0 Å². The number of rotatable bonds is 7. The number of aromatic nitrogens is 1. The molecule has 0 bridgehead atoms. The number of benzene rings is 1. The van der Waals surface area contributed by atoms with E-state index >= 15 is 0 Å². The van der Waals surface area contributed by atoms with Crippen molar-refractivity contribution in [3.05, 3.63) is 57.0 Å². The molecule has 0 spiro atoms. The van der Waals surface area contributed by atoms with Gasteiger partial charge >= 0.3 is 0 Å². The first kappa shape index (κ1) is 25.5. The first-order chi connectivity index (χ1) is 14.7. The van der Waals surface area contributed by atoms with Gasteiger partial charge in [0.15, 0.2) is 5.75 Å². The first-order valence-corrected chi connectivity index (χ1v) is 11.2. The molecule has 1 aromatic carbocycles. The molecule has 0 saturated carbocycles. The minimum atomic E-state index is -0.415. The van der Waals surface area contributed by atoms with E-state index in [-0.39, 0.29) is 28.9 Å². The summed E-state index contributed by atoms with van der Waals surface area (Å²) in [6, 6.07) is 5.46. The van der Waals surface area contributed by atoms with E-state index in [0.717, 1.165) is 29.5 Å². The second kappa shape index (κ2) is 9.80. The van der Waals surface area contributed by atoms with Gasteiger partial charge in [-0.05, 0) is 47.3 Å². The highest BCUT2D eigenvalue weighted by Crippen LogP contribution is 2.39. The van der Waals surface area contributed by atoms with E-state index < -0.39 is 5.43 Å². The van der Waals surface area contributed by atoms with Crippen LogP contribution in [-0.2, 0) is 28.6 Å². The first-order valence-electron chi connectivity index (χ1n) is 11.2. The number of aryl methyl sites for hydroxylation is 2. The largest absolute Gasteiger partial charge is 0.507 e. The molecule has 0 aliphatic rings. The summed E-state index contributed by atoms with van der Waals surface area (Å²) >= 11 is 0. The zero-order valence-corrected chi connectivity index (χ0v) is 20.5. The van der Waals surface area contributed by atoms with E-state index in [1.807, 2.05) is 0 Å². The Hall–Kier alpha value is -2.76. The van der Waals surface area contributed by atoms with Crippen LogP contribution < -0.4 is 10.7 Å². The van der Waals surface area contributed by atoms with Crippen LogP contribution in [0.5, 0.6) is 11.5 Å². The zero-order chi connectivity index (χ0) is 24.3. The molecule has 6 heteroatoms. The molecule has 2 aromatic rings. The van der Waals surface area contributed by atoms with Gasteiger partial charge in [0.1, 0.15) is 5.75 Å². The van der Waals surface area contributed by atoms with Gasteiger partial charge in [-0.25, -0.2) is 0 Å². The molecule has 32 heavy (non-hydrogen) atoms. The molecule has 176 valence electrons. The Bertz CT molecular complexity index is 989. The van der Waals surface area contributed by atoms with E-state index in [2.05, 4.69) is 59.0 Å². The number of hydrogen-bond donors (Lipinski definition) is 3. The van der Waals surface area contributed by atoms with Crippen molar-refractivity contribution >= 4 is 5.91 Å². The molecule has 0 saturated heterocycles. The average molecular weight is 443 g/mol. The van der Waals surface area contributed by atoms with Crippen molar-refractivity contribution in [1.29, 1.82) is 0 Å². The van der Waals surface area contributed by atoms with Crippen LogP contribution in [0.4, 0.5) is 0 Å². The van der Waals surface area contributed by atoms with Crippen molar-refractivity contribution in [2.24, 2.45) is 0 Å². The fourth-order valence-electron chi connectivity index (χ4n) is 3.72. The van der Waals surface area contributed by atoms with Crippen molar-refractivity contribution in [2.45, 2.75) is 85.1 Å². The summed E-state index contributed by atoms with van der Waals surface area (Å²) in [6.07, 6.45) is 3.46.